The second kappa shape index (κ2) is 5.48. The van der Waals surface area contributed by atoms with Crippen LogP contribution < -0.4 is 5.32 Å². The number of ether oxygens (including phenoxy) is 1. The Hall–Kier alpha value is -1.84. The first-order chi connectivity index (χ1) is 7.91. The summed E-state index contributed by atoms with van der Waals surface area (Å²) in [4.78, 5) is 23.0. The highest BCUT2D eigenvalue weighted by molar-refractivity contribution is 5.89. The van der Waals surface area contributed by atoms with E-state index in [1.54, 1.807) is 45.0 Å². The van der Waals surface area contributed by atoms with Gasteiger partial charge >= 0.3 is 5.97 Å². The van der Waals surface area contributed by atoms with Gasteiger partial charge < -0.3 is 10.1 Å². The van der Waals surface area contributed by atoms with Gasteiger partial charge in [0.25, 0.3) is 0 Å². The minimum Gasteiger partial charge on any atom is -0.441 e. The van der Waals surface area contributed by atoms with Crippen LogP contribution in [0.2, 0.25) is 0 Å². The zero-order valence-electron chi connectivity index (χ0n) is 10.3. The van der Waals surface area contributed by atoms with Crippen molar-refractivity contribution in [2.24, 2.45) is 5.41 Å². The summed E-state index contributed by atoms with van der Waals surface area (Å²) in [5, 5.41) is 2.54. The second-order valence-corrected chi connectivity index (χ2v) is 4.70. The zero-order valence-corrected chi connectivity index (χ0v) is 10.3. The quantitative estimate of drug-likeness (QED) is 0.643. The highest BCUT2D eigenvalue weighted by atomic mass is 16.5. The zero-order chi connectivity index (χ0) is 12.9. The summed E-state index contributed by atoms with van der Waals surface area (Å²) in [5.74, 6) is -0.599. The predicted molar refractivity (Wildman–Crippen MR) is 64.3 cm³/mol. The Labute approximate surface area is 101 Å². The monoisotopic (exact) mass is 235 g/mol. The van der Waals surface area contributed by atoms with Crippen molar-refractivity contribution in [3.63, 3.8) is 0 Å². The molecular weight excluding hydrogens is 218 g/mol. The molecule has 0 aliphatic carbocycles. The molecule has 0 aromatic heterocycles. The van der Waals surface area contributed by atoms with Crippen molar-refractivity contribution in [1.29, 1.82) is 0 Å². The molecule has 0 aliphatic rings. The molecule has 0 aliphatic heterocycles. The van der Waals surface area contributed by atoms with Crippen LogP contribution in [0.15, 0.2) is 30.3 Å². The summed E-state index contributed by atoms with van der Waals surface area (Å²) in [6.07, 6.45) is 0. The Morgan fingerprint density at radius 3 is 2.29 bits per heavy atom. The van der Waals surface area contributed by atoms with Gasteiger partial charge in [-0.2, -0.15) is 0 Å². The van der Waals surface area contributed by atoms with Crippen LogP contribution in [0.5, 0.6) is 0 Å². The first kappa shape index (κ1) is 13.2. The molecule has 1 rings (SSSR count). The molecular formula is C13H17NO3. The molecule has 92 valence electrons. The molecule has 4 nitrogen and oxygen atoms in total. The maximum Gasteiger partial charge on any atom is 0.339 e. The normalized spacial score (nSPS) is 10.8. The molecule has 0 spiro atoms. The lowest BCUT2D eigenvalue weighted by Gasteiger charge is -2.17. The van der Waals surface area contributed by atoms with Gasteiger partial charge in [-0.05, 0) is 12.1 Å². The number of hydrogen-bond donors (Lipinski definition) is 1. The molecule has 1 N–H and O–H groups in total. The van der Waals surface area contributed by atoms with E-state index in [-0.39, 0.29) is 12.6 Å². The largest absolute Gasteiger partial charge is 0.441 e. The van der Waals surface area contributed by atoms with Crippen LogP contribution in [0.25, 0.3) is 0 Å². The molecule has 1 aromatic carbocycles. The van der Waals surface area contributed by atoms with Gasteiger partial charge in [-0.25, -0.2) is 4.79 Å². The number of hydrogen-bond acceptors (Lipinski definition) is 3. The van der Waals surface area contributed by atoms with Crippen LogP contribution in [-0.4, -0.2) is 18.6 Å². The van der Waals surface area contributed by atoms with Crippen LogP contribution in [-0.2, 0) is 9.53 Å². The van der Waals surface area contributed by atoms with Crippen molar-refractivity contribution in [1.82, 2.24) is 5.32 Å². The number of carbonyl (C=O) groups excluding carboxylic acids is 2. The Morgan fingerprint density at radius 2 is 1.76 bits per heavy atom. The average Bonchev–Trinajstić information content (AvgIpc) is 2.28. The van der Waals surface area contributed by atoms with Gasteiger partial charge in [0.15, 0.2) is 6.73 Å². The molecule has 1 amide bonds. The van der Waals surface area contributed by atoms with E-state index in [1.165, 1.54) is 0 Å². The minimum absolute atomic E-state index is 0.107. The summed E-state index contributed by atoms with van der Waals surface area (Å²) in [5.41, 5.74) is -0.0170. The maximum atomic E-state index is 11.5. The van der Waals surface area contributed by atoms with Crippen molar-refractivity contribution in [3.05, 3.63) is 35.9 Å². The Morgan fingerprint density at radius 1 is 1.18 bits per heavy atom. The summed E-state index contributed by atoms with van der Waals surface area (Å²) < 4.78 is 4.92. The molecule has 0 radical (unpaired) electrons. The van der Waals surface area contributed by atoms with E-state index in [1.807, 2.05) is 6.07 Å². The SMILES string of the molecule is CC(C)(C)C(=O)NCOC(=O)c1ccccc1. The van der Waals surface area contributed by atoms with Crippen molar-refractivity contribution >= 4 is 11.9 Å². The van der Waals surface area contributed by atoms with Crippen LogP contribution in [0.3, 0.4) is 0 Å². The summed E-state index contributed by atoms with van der Waals surface area (Å²) >= 11 is 0. The van der Waals surface area contributed by atoms with Crippen molar-refractivity contribution in [2.45, 2.75) is 20.8 Å². The molecule has 0 heterocycles. The third kappa shape index (κ3) is 4.26. The molecule has 0 atom stereocenters. The third-order valence-electron chi connectivity index (χ3n) is 2.13. The highest BCUT2D eigenvalue weighted by Crippen LogP contribution is 2.12. The number of nitrogens with one attached hydrogen (secondary N) is 1. The fourth-order valence-electron chi connectivity index (χ4n) is 1.09. The number of esters is 1. The maximum absolute atomic E-state index is 11.5. The molecule has 0 bridgehead atoms. The average molecular weight is 235 g/mol. The smallest absolute Gasteiger partial charge is 0.339 e. The predicted octanol–water partition coefficient (Wildman–Crippen LogP) is 1.96. The van der Waals surface area contributed by atoms with E-state index in [0.29, 0.717) is 5.56 Å². The standard InChI is InChI=1S/C13H17NO3/c1-13(2,3)12(16)14-9-17-11(15)10-7-5-4-6-8-10/h4-8H,9H2,1-3H3,(H,14,16). The van der Waals surface area contributed by atoms with E-state index in [2.05, 4.69) is 5.32 Å². The number of rotatable bonds is 3. The fraction of sp³-hybridized carbons (Fsp3) is 0.385. The number of carbonyl (C=O) groups is 2. The van der Waals surface area contributed by atoms with Crippen LogP contribution in [0.1, 0.15) is 31.1 Å². The van der Waals surface area contributed by atoms with Crippen LogP contribution >= 0.6 is 0 Å². The first-order valence-corrected chi connectivity index (χ1v) is 5.42. The molecule has 17 heavy (non-hydrogen) atoms. The Bertz CT molecular complexity index is 393. The van der Waals surface area contributed by atoms with Gasteiger partial charge in [-0.1, -0.05) is 39.0 Å². The summed E-state index contributed by atoms with van der Waals surface area (Å²) in [6.45, 7) is 5.27. The molecule has 0 unspecified atom stereocenters. The van der Waals surface area contributed by atoms with Gasteiger partial charge in [-0.3, -0.25) is 4.79 Å². The highest BCUT2D eigenvalue weighted by Gasteiger charge is 2.20. The first-order valence-electron chi connectivity index (χ1n) is 5.42. The van der Waals surface area contributed by atoms with Gasteiger partial charge in [0.05, 0.1) is 5.56 Å². The van der Waals surface area contributed by atoms with Crippen LogP contribution in [0, 0.1) is 5.41 Å². The van der Waals surface area contributed by atoms with Gasteiger partial charge in [0.1, 0.15) is 0 Å². The lowest BCUT2D eigenvalue weighted by Crippen LogP contribution is -2.36. The van der Waals surface area contributed by atoms with Crippen molar-refractivity contribution < 1.29 is 14.3 Å². The van der Waals surface area contributed by atoms with E-state index < -0.39 is 11.4 Å². The molecule has 4 heteroatoms. The molecule has 1 aromatic rings. The Kier molecular flexibility index (Phi) is 4.26. The second-order valence-electron chi connectivity index (χ2n) is 4.70. The minimum atomic E-state index is -0.487. The fourth-order valence-corrected chi connectivity index (χ4v) is 1.09. The van der Waals surface area contributed by atoms with Gasteiger partial charge in [0.2, 0.25) is 5.91 Å². The topological polar surface area (TPSA) is 55.4 Å². The Balaban J connectivity index is 2.38. The lowest BCUT2D eigenvalue weighted by atomic mass is 9.96. The molecule has 0 saturated carbocycles. The van der Waals surface area contributed by atoms with Crippen molar-refractivity contribution in [2.75, 3.05) is 6.73 Å². The van der Waals surface area contributed by atoms with Gasteiger partial charge in [-0.15, -0.1) is 0 Å². The molecule has 0 fully saturated rings. The van der Waals surface area contributed by atoms with E-state index in [0.717, 1.165) is 0 Å². The summed E-state index contributed by atoms with van der Waals surface area (Å²) in [6, 6.07) is 8.65. The van der Waals surface area contributed by atoms with Crippen molar-refractivity contribution in [3.8, 4) is 0 Å². The lowest BCUT2D eigenvalue weighted by molar-refractivity contribution is -0.129. The van der Waals surface area contributed by atoms with E-state index in [9.17, 15) is 9.59 Å². The van der Waals surface area contributed by atoms with E-state index in [4.69, 9.17) is 4.74 Å². The summed E-state index contributed by atoms with van der Waals surface area (Å²) in [7, 11) is 0. The molecule has 0 saturated heterocycles. The number of amides is 1. The van der Waals surface area contributed by atoms with Gasteiger partial charge in [0, 0.05) is 5.41 Å². The third-order valence-corrected chi connectivity index (χ3v) is 2.13. The number of benzene rings is 1. The van der Waals surface area contributed by atoms with Crippen LogP contribution in [0.4, 0.5) is 0 Å². The van der Waals surface area contributed by atoms with E-state index >= 15 is 0 Å².